The van der Waals surface area contributed by atoms with Crippen LogP contribution in [0.4, 0.5) is 5.69 Å². The van der Waals surface area contributed by atoms with Gasteiger partial charge in [-0.2, -0.15) is 0 Å². The van der Waals surface area contributed by atoms with E-state index >= 15 is 0 Å². The van der Waals surface area contributed by atoms with E-state index in [1.54, 1.807) is 0 Å². The van der Waals surface area contributed by atoms with E-state index in [1.807, 2.05) is 50.8 Å². The quantitative estimate of drug-likeness (QED) is 0.825. The summed E-state index contributed by atoms with van der Waals surface area (Å²) in [6.07, 6.45) is 0. The zero-order valence-electron chi connectivity index (χ0n) is 12.2. The molecule has 0 unspecified atom stereocenters. The van der Waals surface area contributed by atoms with Crippen LogP contribution >= 0.6 is 0 Å². The van der Waals surface area contributed by atoms with Crippen molar-refractivity contribution in [3.05, 3.63) is 29.3 Å². The maximum Gasteiger partial charge on any atom is 0.238 e. The number of rotatable bonds is 6. The number of nitrogens with one attached hydrogen (secondary N) is 1. The van der Waals surface area contributed by atoms with Gasteiger partial charge in [0.05, 0.1) is 13.2 Å². The second-order valence-corrected chi connectivity index (χ2v) is 5.10. The van der Waals surface area contributed by atoms with Crippen LogP contribution in [-0.4, -0.2) is 41.7 Å². The number of amides is 1. The fourth-order valence-corrected chi connectivity index (χ4v) is 2.02. The highest BCUT2D eigenvalue weighted by Gasteiger charge is 2.14. The van der Waals surface area contributed by atoms with Gasteiger partial charge in [0.15, 0.2) is 0 Å². The van der Waals surface area contributed by atoms with Gasteiger partial charge in [-0.05, 0) is 38.8 Å². The lowest BCUT2D eigenvalue weighted by atomic mass is 10.1. The molecule has 1 aromatic rings. The topological polar surface area (TPSA) is 52.6 Å². The lowest BCUT2D eigenvalue weighted by Crippen LogP contribution is -2.39. The summed E-state index contributed by atoms with van der Waals surface area (Å²) in [5.41, 5.74) is 3.01. The van der Waals surface area contributed by atoms with Crippen LogP contribution < -0.4 is 5.32 Å². The first kappa shape index (κ1) is 15.7. The van der Waals surface area contributed by atoms with E-state index in [4.69, 9.17) is 5.11 Å². The normalized spacial score (nSPS) is 11.1. The van der Waals surface area contributed by atoms with Gasteiger partial charge < -0.3 is 10.4 Å². The smallest absolute Gasteiger partial charge is 0.238 e. The Labute approximate surface area is 115 Å². The highest BCUT2D eigenvalue weighted by atomic mass is 16.3. The lowest BCUT2D eigenvalue weighted by molar-refractivity contribution is -0.117. The van der Waals surface area contributed by atoms with Gasteiger partial charge in [0.1, 0.15) is 0 Å². The zero-order chi connectivity index (χ0) is 14.4. The average Bonchev–Trinajstić information content (AvgIpc) is 2.33. The number of aliphatic hydroxyl groups excluding tert-OH is 1. The molecule has 1 aromatic carbocycles. The molecule has 0 aromatic heterocycles. The van der Waals surface area contributed by atoms with E-state index < -0.39 is 0 Å². The number of benzene rings is 1. The fourth-order valence-electron chi connectivity index (χ4n) is 2.02. The highest BCUT2D eigenvalue weighted by Crippen LogP contribution is 2.19. The molecule has 4 heteroatoms. The molecule has 0 saturated heterocycles. The molecular formula is C15H24N2O2. The number of nitrogens with zero attached hydrogens (tertiary/aromatic N) is 1. The minimum Gasteiger partial charge on any atom is -0.395 e. The van der Waals surface area contributed by atoms with Crippen LogP contribution in [0.1, 0.15) is 25.0 Å². The molecule has 0 fully saturated rings. The van der Waals surface area contributed by atoms with E-state index in [1.165, 1.54) is 0 Å². The fraction of sp³-hybridized carbons (Fsp3) is 0.533. The van der Waals surface area contributed by atoms with Gasteiger partial charge in [0, 0.05) is 18.3 Å². The molecule has 0 atom stereocenters. The first-order valence-corrected chi connectivity index (χ1v) is 6.66. The summed E-state index contributed by atoms with van der Waals surface area (Å²) in [4.78, 5) is 14.0. The van der Waals surface area contributed by atoms with Crippen LogP contribution in [0.2, 0.25) is 0 Å². The van der Waals surface area contributed by atoms with Crippen molar-refractivity contribution in [2.45, 2.75) is 33.7 Å². The molecule has 0 aliphatic carbocycles. The summed E-state index contributed by atoms with van der Waals surface area (Å²) in [6.45, 7) is 8.87. The Hall–Kier alpha value is -1.39. The Kier molecular flexibility index (Phi) is 5.99. The maximum absolute atomic E-state index is 12.1. The summed E-state index contributed by atoms with van der Waals surface area (Å²) >= 11 is 0. The Morgan fingerprint density at radius 2 is 1.89 bits per heavy atom. The Morgan fingerprint density at radius 1 is 1.32 bits per heavy atom. The van der Waals surface area contributed by atoms with E-state index in [0.717, 1.165) is 16.8 Å². The van der Waals surface area contributed by atoms with Gasteiger partial charge in [-0.1, -0.05) is 18.2 Å². The summed E-state index contributed by atoms with van der Waals surface area (Å²) in [5, 5.41) is 12.0. The number of para-hydroxylation sites is 1. The minimum atomic E-state index is -0.0421. The third kappa shape index (κ3) is 4.65. The first-order valence-electron chi connectivity index (χ1n) is 6.66. The zero-order valence-corrected chi connectivity index (χ0v) is 12.2. The van der Waals surface area contributed by atoms with Crippen molar-refractivity contribution >= 4 is 11.6 Å². The average molecular weight is 264 g/mol. The molecule has 0 aliphatic heterocycles. The maximum atomic E-state index is 12.1. The number of carbonyl (C=O) groups excluding carboxylic acids is 1. The van der Waals surface area contributed by atoms with E-state index in [9.17, 15) is 4.79 Å². The van der Waals surface area contributed by atoms with Crippen molar-refractivity contribution in [1.29, 1.82) is 0 Å². The molecular weight excluding hydrogens is 240 g/mol. The standard InChI is InChI=1S/C15H24N2O2/c1-11(2)17(8-9-18)10-14(19)16-15-12(3)6-5-7-13(15)4/h5-7,11,18H,8-10H2,1-4H3,(H,16,19). The largest absolute Gasteiger partial charge is 0.395 e. The van der Waals surface area contributed by atoms with Gasteiger partial charge in [-0.15, -0.1) is 0 Å². The molecule has 1 amide bonds. The number of carbonyl (C=O) groups is 1. The summed E-state index contributed by atoms with van der Waals surface area (Å²) in [6, 6.07) is 6.18. The third-order valence-corrected chi connectivity index (χ3v) is 3.21. The van der Waals surface area contributed by atoms with Gasteiger partial charge in [-0.3, -0.25) is 9.69 Å². The number of hydrogen-bond acceptors (Lipinski definition) is 3. The van der Waals surface area contributed by atoms with Crippen molar-refractivity contribution in [3.63, 3.8) is 0 Å². The van der Waals surface area contributed by atoms with E-state index in [-0.39, 0.29) is 18.6 Å². The second-order valence-electron chi connectivity index (χ2n) is 5.10. The summed E-state index contributed by atoms with van der Waals surface area (Å²) < 4.78 is 0. The molecule has 0 spiro atoms. The number of anilines is 1. The number of aliphatic hydroxyl groups is 1. The summed E-state index contributed by atoms with van der Waals surface area (Å²) in [5.74, 6) is -0.0421. The molecule has 0 bridgehead atoms. The highest BCUT2D eigenvalue weighted by molar-refractivity contribution is 5.93. The molecule has 0 heterocycles. The van der Waals surface area contributed by atoms with Crippen molar-refractivity contribution in [2.75, 3.05) is 25.0 Å². The molecule has 2 N–H and O–H groups in total. The monoisotopic (exact) mass is 264 g/mol. The van der Waals surface area contributed by atoms with Crippen LogP contribution in [0.15, 0.2) is 18.2 Å². The molecule has 0 radical (unpaired) electrons. The second kappa shape index (κ2) is 7.26. The van der Waals surface area contributed by atoms with Gasteiger partial charge in [0.2, 0.25) is 5.91 Å². The molecule has 19 heavy (non-hydrogen) atoms. The van der Waals surface area contributed by atoms with Crippen LogP contribution in [-0.2, 0) is 4.79 Å². The molecule has 0 aliphatic rings. The predicted octanol–water partition coefficient (Wildman–Crippen LogP) is 1.94. The predicted molar refractivity (Wildman–Crippen MR) is 78.3 cm³/mol. The molecule has 0 saturated carbocycles. The van der Waals surface area contributed by atoms with Crippen molar-refractivity contribution in [2.24, 2.45) is 0 Å². The Balaban J connectivity index is 2.69. The van der Waals surface area contributed by atoms with Crippen LogP contribution in [0.5, 0.6) is 0 Å². The van der Waals surface area contributed by atoms with Crippen LogP contribution in [0.3, 0.4) is 0 Å². The Bertz CT molecular complexity index is 410. The van der Waals surface area contributed by atoms with Gasteiger partial charge >= 0.3 is 0 Å². The van der Waals surface area contributed by atoms with Crippen LogP contribution in [0, 0.1) is 13.8 Å². The SMILES string of the molecule is Cc1cccc(C)c1NC(=O)CN(CCO)C(C)C. The van der Waals surface area contributed by atoms with Gasteiger partial charge in [-0.25, -0.2) is 0 Å². The molecule has 1 rings (SSSR count). The third-order valence-electron chi connectivity index (χ3n) is 3.21. The van der Waals surface area contributed by atoms with E-state index in [2.05, 4.69) is 5.32 Å². The van der Waals surface area contributed by atoms with Crippen molar-refractivity contribution in [3.8, 4) is 0 Å². The van der Waals surface area contributed by atoms with Gasteiger partial charge in [0.25, 0.3) is 0 Å². The van der Waals surface area contributed by atoms with E-state index in [0.29, 0.717) is 13.1 Å². The number of aryl methyl sites for hydroxylation is 2. The first-order chi connectivity index (χ1) is 8.95. The minimum absolute atomic E-state index is 0.0421. The van der Waals surface area contributed by atoms with Crippen molar-refractivity contribution < 1.29 is 9.90 Å². The van der Waals surface area contributed by atoms with Crippen molar-refractivity contribution in [1.82, 2.24) is 4.90 Å². The number of hydrogen-bond donors (Lipinski definition) is 2. The van der Waals surface area contributed by atoms with Crippen LogP contribution in [0.25, 0.3) is 0 Å². The summed E-state index contributed by atoms with van der Waals surface area (Å²) in [7, 11) is 0. The lowest BCUT2D eigenvalue weighted by Gasteiger charge is -2.25. The molecule has 106 valence electrons. The Morgan fingerprint density at radius 3 is 2.37 bits per heavy atom. The molecule has 4 nitrogen and oxygen atoms in total.